The molecule has 0 fully saturated rings. The Balaban J connectivity index is 0. The fraction of sp³-hybridized carbons (Fsp3) is 0.895. The lowest BCUT2D eigenvalue weighted by Crippen LogP contribution is -2.34. The van der Waals surface area contributed by atoms with Crippen LogP contribution in [0.25, 0.3) is 0 Å². The summed E-state index contributed by atoms with van der Waals surface area (Å²) in [6, 6.07) is 0. The topological polar surface area (TPSA) is 116 Å². The molecule has 0 aliphatic carbocycles. The Bertz CT molecular complexity index is 1280. The Morgan fingerprint density at radius 2 is 0.321 bits per heavy atom. The van der Waals surface area contributed by atoms with E-state index < -0.39 is 0 Å². The van der Waals surface area contributed by atoms with Gasteiger partial charge < -0.3 is 21.3 Å². The fourth-order valence-corrected chi connectivity index (χ4v) is 11.2. The van der Waals surface area contributed by atoms with Crippen LogP contribution in [0.2, 0.25) is 0 Å². The maximum absolute atomic E-state index is 12.0. The first-order valence-electron chi connectivity index (χ1n) is 37.8. The van der Waals surface area contributed by atoms with Gasteiger partial charge in [-0.25, -0.2) is 0 Å². The molecule has 0 saturated heterocycles. The van der Waals surface area contributed by atoms with Crippen LogP contribution in [0, 0.1) is 0 Å². The van der Waals surface area contributed by atoms with Crippen molar-refractivity contribution in [1.82, 2.24) is 21.3 Å². The van der Waals surface area contributed by atoms with E-state index in [1.54, 1.807) is 0 Å². The quantitative estimate of drug-likeness (QED) is 0.0359. The molecule has 0 unspecified atom stereocenters. The fourth-order valence-electron chi connectivity index (χ4n) is 11.2. The van der Waals surface area contributed by atoms with Gasteiger partial charge in [0.1, 0.15) is 0 Å². The molecule has 0 spiro atoms. The first-order chi connectivity index (χ1) is 41.4. The van der Waals surface area contributed by atoms with Gasteiger partial charge in [-0.3, -0.25) is 19.2 Å². The summed E-state index contributed by atoms with van der Waals surface area (Å²) in [4.78, 5) is 48.1. The summed E-state index contributed by atoms with van der Waals surface area (Å²) in [6.45, 7) is 11.2. The smallest absolute Gasteiger partial charge is 0.220 e. The summed E-state index contributed by atoms with van der Waals surface area (Å²) in [6.07, 6.45) is 85.1. The lowest BCUT2D eigenvalue weighted by atomic mass is 10.0. The van der Waals surface area contributed by atoms with E-state index in [1.165, 1.54) is 308 Å². The second-order valence-corrected chi connectivity index (χ2v) is 25.5. The van der Waals surface area contributed by atoms with Gasteiger partial charge in [0.2, 0.25) is 23.6 Å². The van der Waals surface area contributed by atoms with Gasteiger partial charge in [-0.1, -0.05) is 335 Å². The minimum absolute atomic E-state index is 0.110. The maximum Gasteiger partial charge on any atom is 0.220 e. The number of carbonyl (C=O) groups is 4. The molecule has 0 atom stereocenters. The molecule has 8 heteroatoms. The average molecular weight is 1180 g/mol. The zero-order chi connectivity index (χ0) is 61.2. The van der Waals surface area contributed by atoms with E-state index in [2.05, 4.69) is 73.3 Å². The van der Waals surface area contributed by atoms with Crippen LogP contribution >= 0.6 is 0 Å². The monoisotopic (exact) mass is 1180 g/mol. The second kappa shape index (κ2) is 76.5. The number of allylic oxidation sites excluding steroid dienone is 4. The van der Waals surface area contributed by atoms with E-state index in [0.29, 0.717) is 51.9 Å². The highest BCUT2D eigenvalue weighted by Gasteiger charge is 2.06. The summed E-state index contributed by atoms with van der Waals surface area (Å²) >= 11 is 0. The molecule has 496 valence electrons. The summed E-state index contributed by atoms with van der Waals surface area (Å²) in [5, 5.41) is 11.8. The standard InChI is InChI=1S/C38H76N2O2.C38H72N2O2/c2*1-3-5-7-9-11-13-15-17-19-21-23-25-27-29-31-33-37(41)39-35-36-40-38(42)34-32-30-28-26-24-22-20-18-16-14-12-10-8-6-4-2/h3-36H2,1-2H3,(H,39,41)(H,40,42);17-20H,3-16,21-36H2,1-2H3,(H,39,41)(H,40,42)/b;19-17-,20-18-. The van der Waals surface area contributed by atoms with Crippen molar-refractivity contribution < 1.29 is 19.2 Å². The van der Waals surface area contributed by atoms with Gasteiger partial charge >= 0.3 is 0 Å². The van der Waals surface area contributed by atoms with E-state index >= 15 is 0 Å². The molecule has 0 aromatic heterocycles. The Hall–Kier alpha value is -2.64. The van der Waals surface area contributed by atoms with Gasteiger partial charge in [0.05, 0.1) is 0 Å². The molecular weight excluding hydrogens is 1030 g/mol. The zero-order valence-corrected chi connectivity index (χ0v) is 57.2. The molecule has 0 radical (unpaired) electrons. The van der Waals surface area contributed by atoms with Crippen molar-refractivity contribution in [2.75, 3.05) is 26.2 Å². The van der Waals surface area contributed by atoms with Crippen LogP contribution in [-0.2, 0) is 19.2 Å². The second-order valence-electron chi connectivity index (χ2n) is 25.5. The molecule has 0 heterocycles. The third-order valence-electron chi connectivity index (χ3n) is 16.9. The number of hydrogen-bond donors (Lipinski definition) is 4. The molecular formula is C76H148N4O4. The van der Waals surface area contributed by atoms with Gasteiger partial charge in [-0.05, 0) is 77.0 Å². The lowest BCUT2D eigenvalue weighted by Gasteiger charge is -2.07. The number of hydrogen-bond acceptors (Lipinski definition) is 4. The first-order valence-corrected chi connectivity index (χ1v) is 37.8. The van der Waals surface area contributed by atoms with Crippen molar-refractivity contribution in [1.29, 1.82) is 0 Å². The normalized spacial score (nSPS) is 11.4. The Labute approximate surface area is 525 Å². The summed E-state index contributed by atoms with van der Waals surface area (Å²) in [7, 11) is 0. The average Bonchev–Trinajstić information content (AvgIpc) is 3.49. The van der Waals surface area contributed by atoms with E-state index in [4.69, 9.17) is 0 Å². The number of unbranched alkanes of at least 4 members (excludes halogenated alkanes) is 50. The van der Waals surface area contributed by atoms with Crippen molar-refractivity contribution in [2.24, 2.45) is 0 Å². The third kappa shape index (κ3) is 77.4. The molecule has 0 saturated carbocycles. The molecule has 8 nitrogen and oxygen atoms in total. The molecule has 0 rings (SSSR count). The van der Waals surface area contributed by atoms with Gasteiger partial charge in [0, 0.05) is 51.9 Å². The van der Waals surface area contributed by atoms with E-state index in [9.17, 15) is 19.2 Å². The molecule has 4 amide bonds. The van der Waals surface area contributed by atoms with Crippen molar-refractivity contribution in [3.05, 3.63) is 24.3 Å². The molecule has 84 heavy (non-hydrogen) atoms. The molecule has 0 aromatic rings. The van der Waals surface area contributed by atoms with Gasteiger partial charge in [-0.15, -0.1) is 0 Å². The third-order valence-corrected chi connectivity index (χ3v) is 16.9. The van der Waals surface area contributed by atoms with Crippen molar-refractivity contribution >= 4 is 23.6 Å². The molecule has 0 bridgehead atoms. The molecule has 0 aliphatic rings. The van der Waals surface area contributed by atoms with Crippen LogP contribution in [0.15, 0.2) is 24.3 Å². The van der Waals surface area contributed by atoms with Crippen molar-refractivity contribution in [2.45, 2.75) is 413 Å². The predicted octanol–water partition coefficient (Wildman–Crippen LogP) is 23.0. The number of rotatable bonds is 68. The number of carbonyl (C=O) groups excluding carboxylic acids is 4. The van der Waals surface area contributed by atoms with Crippen LogP contribution in [0.3, 0.4) is 0 Å². The van der Waals surface area contributed by atoms with Crippen LogP contribution in [0.4, 0.5) is 0 Å². The van der Waals surface area contributed by atoms with E-state index in [0.717, 1.165) is 51.4 Å². The maximum atomic E-state index is 12.0. The first kappa shape index (κ1) is 83.4. The minimum Gasteiger partial charge on any atom is -0.354 e. The van der Waals surface area contributed by atoms with Gasteiger partial charge in [0.25, 0.3) is 0 Å². The van der Waals surface area contributed by atoms with Crippen LogP contribution in [0.5, 0.6) is 0 Å². The predicted molar refractivity (Wildman–Crippen MR) is 370 cm³/mol. The van der Waals surface area contributed by atoms with E-state index in [1.807, 2.05) is 0 Å². The Morgan fingerprint density at radius 3 is 0.476 bits per heavy atom. The number of amides is 4. The SMILES string of the molecule is CCCCCCCC/C=C\CCCCCCCC(=O)NCCNC(=O)CCCCCCC/C=C\CCCCCCCC.CCCCCCCCCCCCCCCCCC(=O)NCCNC(=O)CCCCCCCCCCCCCCCCC. The largest absolute Gasteiger partial charge is 0.354 e. The number of nitrogens with one attached hydrogen (secondary N) is 4. The Kier molecular flexibility index (Phi) is 75.9. The van der Waals surface area contributed by atoms with E-state index in [-0.39, 0.29) is 23.6 Å². The lowest BCUT2D eigenvalue weighted by molar-refractivity contribution is -0.123. The molecule has 0 aromatic carbocycles. The summed E-state index contributed by atoms with van der Waals surface area (Å²) < 4.78 is 0. The minimum atomic E-state index is 0.110. The van der Waals surface area contributed by atoms with Crippen LogP contribution < -0.4 is 21.3 Å². The van der Waals surface area contributed by atoms with Gasteiger partial charge in [0.15, 0.2) is 0 Å². The summed E-state index contributed by atoms with van der Waals surface area (Å²) in [5.41, 5.74) is 0. The highest BCUT2D eigenvalue weighted by atomic mass is 16.2. The Morgan fingerprint density at radius 1 is 0.190 bits per heavy atom. The van der Waals surface area contributed by atoms with Crippen molar-refractivity contribution in [3.63, 3.8) is 0 Å². The van der Waals surface area contributed by atoms with Crippen molar-refractivity contribution in [3.8, 4) is 0 Å². The highest BCUT2D eigenvalue weighted by molar-refractivity contribution is 5.77. The highest BCUT2D eigenvalue weighted by Crippen LogP contribution is 2.17. The van der Waals surface area contributed by atoms with Crippen LogP contribution in [-0.4, -0.2) is 49.8 Å². The molecule has 4 N–H and O–H groups in total. The van der Waals surface area contributed by atoms with Gasteiger partial charge in [-0.2, -0.15) is 0 Å². The van der Waals surface area contributed by atoms with Crippen LogP contribution in [0.1, 0.15) is 413 Å². The zero-order valence-electron chi connectivity index (χ0n) is 57.2. The summed E-state index contributed by atoms with van der Waals surface area (Å²) in [5.74, 6) is 0.473. The molecule has 0 aliphatic heterocycles.